The Hall–Kier alpha value is -1.82. The van der Waals surface area contributed by atoms with E-state index in [2.05, 4.69) is 22.2 Å². The molecule has 0 radical (unpaired) electrons. The topological polar surface area (TPSA) is 85.8 Å². The summed E-state index contributed by atoms with van der Waals surface area (Å²) < 4.78 is 0.984. The monoisotopic (exact) mass is 281 g/mol. The first-order valence-electron chi connectivity index (χ1n) is 6.14. The summed E-state index contributed by atoms with van der Waals surface area (Å²) in [6, 6.07) is 1.82. The van der Waals surface area contributed by atoms with E-state index in [1.54, 1.807) is 6.07 Å². The first kappa shape index (κ1) is 13.6. The van der Waals surface area contributed by atoms with Crippen molar-refractivity contribution >= 4 is 34.4 Å². The van der Waals surface area contributed by atoms with Crippen molar-refractivity contribution in [2.75, 3.05) is 11.1 Å². The maximum atomic E-state index is 12.1. The highest BCUT2D eigenvalue weighted by Crippen LogP contribution is 2.19. The van der Waals surface area contributed by atoms with Crippen LogP contribution in [0.25, 0.3) is 10.9 Å². The third kappa shape index (κ3) is 2.78. The molecule has 7 heteroatoms. The van der Waals surface area contributed by atoms with E-state index in [0.717, 1.165) is 16.9 Å². The SMILES string of the molecule is CCC[C@@H](C)Nc1nc(N)nc2ccn(Cl)c(=O)c12. The minimum atomic E-state index is -0.356. The Morgan fingerprint density at radius 2 is 2.26 bits per heavy atom. The Morgan fingerprint density at radius 1 is 1.53 bits per heavy atom. The summed E-state index contributed by atoms with van der Waals surface area (Å²) in [6.07, 6.45) is 3.44. The van der Waals surface area contributed by atoms with E-state index in [1.165, 1.54) is 6.20 Å². The third-order valence-corrected chi connectivity index (χ3v) is 3.10. The average molecular weight is 282 g/mol. The van der Waals surface area contributed by atoms with Crippen LogP contribution in [0.15, 0.2) is 17.1 Å². The molecular formula is C12H16ClN5O. The molecule has 0 aromatic carbocycles. The highest BCUT2D eigenvalue weighted by Gasteiger charge is 2.13. The van der Waals surface area contributed by atoms with Gasteiger partial charge in [-0.15, -0.1) is 0 Å². The van der Waals surface area contributed by atoms with E-state index < -0.39 is 0 Å². The van der Waals surface area contributed by atoms with Crippen molar-refractivity contribution in [2.45, 2.75) is 32.7 Å². The van der Waals surface area contributed by atoms with Gasteiger partial charge < -0.3 is 11.1 Å². The van der Waals surface area contributed by atoms with Crippen molar-refractivity contribution in [3.63, 3.8) is 0 Å². The zero-order valence-corrected chi connectivity index (χ0v) is 11.6. The van der Waals surface area contributed by atoms with E-state index >= 15 is 0 Å². The molecule has 0 saturated carbocycles. The van der Waals surface area contributed by atoms with E-state index in [1.807, 2.05) is 6.92 Å². The first-order chi connectivity index (χ1) is 9.02. The van der Waals surface area contributed by atoms with Crippen molar-refractivity contribution in [1.29, 1.82) is 0 Å². The number of pyridine rings is 1. The molecule has 19 heavy (non-hydrogen) atoms. The van der Waals surface area contributed by atoms with Gasteiger partial charge in [0, 0.05) is 24.0 Å². The van der Waals surface area contributed by atoms with E-state index in [4.69, 9.17) is 17.5 Å². The molecule has 0 spiro atoms. The molecule has 0 aliphatic heterocycles. The number of hydrogen-bond acceptors (Lipinski definition) is 5. The number of anilines is 2. The third-order valence-electron chi connectivity index (χ3n) is 2.83. The molecule has 3 N–H and O–H groups in total. The Bertz CT molecular complexity index is 654. The quantitative estimate of drug-likeness (QED) is 0.895. The van der Waals surface area contributed by atoms with Gasteiger partial charge in [-0.1, -0.05) is 13.3 Å². The molecule has 2 heterocycles. The van der Waals surface area contributed by atoms with Gasteiger partial charge in [-0.3, -0.25) is 4.79 Å². The van der Waals surface area contributed by atoms with Gasteiger partial charge in [0.05, 0.1) is 5.52 Å². The summed E-state index contributed by atoms with van der Waals surface area (Å²) in [5.74, 6) is 0.564. The van der Waals surface area contributed by atoms with Crippen LogP contribution in [0.4, 0.5) is 11.8 Å². The lowest BCUT2D eigenvalue weighted by Gasteiger charge is -2.15. The lowest BCUT2D eigenvalue weighted by molar-refractivity contribution is 0.688. The molecule has 0 bridgehead atoms. The van der Waals surface area contributed by atoms with Gasteiger partial charge in [0.15, 0.2) is 0 Å². The van der Waals surface area contributed by atoms with Gasteiger partial charge in [0.2, 0.25) is 5.95 Å². The molecule has 2 rings (SSSR count). The van der Waals surface area contributed by atoms with Gasteiger partial charge in [-0.25, -0.2) is 9.07 Å². The zero-order valence-electron chi connectivity index (χ0n) is 10.9. The van der Waals surface area contributed by atoms with Gasteiger partial charge >= 0.3 is 0 Å². The van der Waals surface area contributed by atoms with Crippen LogP contribution >= 0.6 is 11.8 Å². The molecule has 2 aromatic heterocycles. The number of halogens is 1. The minimum absolute atomic E-state index is 0.130. The molecule has 0 fully saturated rings. The molecule has 0 amide bonds. The maximum Gasteiger partial charge on any atom is 0.278 e. The van der Waals surface area contributed by atoms with E-state index in [0.29, 0.717) is 16.7 Å². The largest absolute Gasteiger partial charge is 0.368 e. The van der Waals surface area contributed by atoms with Crippen molar-refractivity contribution in [3.8, 4) is 0 Å². The number of aromatic nitrogens is 3. The molecule has 0 aliphatic rings. The van der Waals surface area contributed by atoms with Gasteiger partial charge in [-0.05, 0) is 19.4 Å². The van der Waals surface area contributed by atoms with E-state index in [9.17, 15) is 4.79 Å². The Kier molecular flexibility index (Phi) is 3.90. The van der Waals surface area contributed by atoms with Crippen LogP contribution in [0.3, 0.4) is 0 Å². The second-order valence-corrected chi connectivity index (χ2v) is 4.82. The maximum absolute atomic E-state index is 12.1. The summed E-state index contributed by atoms with van der Waals surface area (Å²) in [7, 11) is 0. The fraction of sp³-hybridized carbons (Fsp3) is 0.417. The number of nitrogens with zero attached hydrogens (tertiary/aromatic N) is 3. The number of fused-ring (bicyclic) bond motifs is 1. The average Bonchev–Trinajstić information content (AvgIpc) is 2.33. The van der Waals surface area contributed by atoms with Crippen LogP contribution in [0.1, 0.15) is 26.7 Å². The van der Waals surface area contributed by atoms with Crippen LogP contribution in [0, 0.1) is 0 Å². The van der Waals surface area contributed by atoms with Crippen LogP contribution in [-0.4, -0.2) is 20.1 Å². The Morgan fingerprint density at radius 3 is 2.95 bits per heavy atom. The lowest BCUT2D eigenvalue weighted by Crippen LogP contribution is -2.21. The van der Waals surface area contributed by atoms with E-state index in [-0.39, 0.29) is 17.5 Å². The zero-order chi connectivity index (χ0) is 14.0. The predicted molar refractivity (Wildman–Crippen MR) is 77.5 cm³/mol. The summed E-state index contributed by atoms with van der Waals surface area (Å²) in [5.41, 5.74) is 5.79. The fourth-order valence-corrected chi connectivity index (χ4v) is 2.12. The molecule has 102 valence electrons. The summed E-state index contributed by atoms with van der Waals surface area (Å²) in [4.78, 5) is 20.2. The molecule has 0 saturated heterocycles. The smallest absolute Gasteiger partial charge is 0.278 e. The predicted octanol–water partition coefficient (Wildman–Crippen LogP) is 1.98. The Labute approximate surface area is 115 Å². The molecule has 0 aliphatic carbocycles. The normalized spacial score (nSPS) is 12.6. The van der Waals surface area contributed by atoms with Gasteiger partial charge in [0.1, 0.15) is 11.2 Å². The number of rotatable bonds is 4. The van der Waals surface area contributed by atoms with Crippen LogP contribution in [-0.2, 0) is 0 Å². The van der Waals surface area contributed by atoms with Crippen LogP contribution in [0.2, 0.25) is 0 Å². The Balaban J connectivity index is 2.58. The molecular weight excluding hydrogens is 266 g/mol. The summed E-state index contributed by atoms with van der Waals surface area (Å²) in [5, 5.41) is 3.55. The van der Waals surface area contributed by atoms with Crippen molar-refractivity contribution in [3.05, 3.63) is 22.6 Å². The number of hydrogen-bond donors (Lipinski definition) is 2. The molecule has 1 atom stereocenters. The standard InChI is InChI=1S/C12H16ClN5O/c1-3-4-7(2)15-10-9-8(16-12(14)17-10)5-6-18(13)11(9)19/h5-7H,3-4H2,1-2H3,(H3,14,15,16,17)/t7-/m1/s1. The highest BCUT2D eigenvalue weighted by atomic mass is 35.5. The number of nitrogens with one attached hydrogen (secondary N) is 1. The second-order valence-electron chi connectivity index (χ2n) is 4.46. The van der Waals surface area contributed by atoms with Crippen LogP contribution in [0.5, 0.6) is 0 Å². The van der Waals surface area contributed by atoms with Gasteiger partial charge in [-0.2, -0.15) is 4.98 Å². The van der Waals surface area contributed by atoms with Gasteiger partial charge in [0.25, 0.3) is 5.56 Å². The number of nitrogen functional groups attached to an aromatic ring is 1. The molecule has 0 unspecified atom stereocenters. The second kappa shape index (κ2) is 5.44. The van der Waals surface area contributed by atoms with Crippen molar-refractivity contribution < 1.29 is 0 Å². The van der Waals surface area contributed by atoms with Crippen molar-refractivity contribution in [2.24, 2.45) is 0 Å². The molecule has 6 nitrogen and oxygen atoms in total. The number of nitrogens with two attached hydrogens (primary N) is 1. The van der Waals surface area contributed by atoms with Crippen molar-refractivity contribution in [1.82, 2.24) is 14.1 Å². The fourth-order valence-electron chi connectivity index (χ4n) is 1.98. The summed E-state index contributed by atoms with van der Waals surface area (Å²) in [6.45, 7) is 4.12. The first-order valence-corrected chi connectivity index (χ1v) is 6.48. The highest BCUT2D eigenvalue weighted by molar-refractivity contribution is 6.16. The summed E-state index contributed by atoms with van der Waals surface area (Å²) >= 11 is 5.79. The molecule has 2 aromatic rings. The van der Waals surface area contributed by atoms with Crippen LogP contribution < -0.4 is 16.6 Å². The minimum Gasteiger partial charge on any atom is -0.368 e. The lowest BCUT2D eigenvalue weighted by atomic mass is 10.2.